The number of ether oxygens (including phenoxy) is 1. The first-order valence-electron chi connectivity index (χ1n) is 6.85. The van der Waals surface area contributed by atoms with E-state index < -0.39 is 10.0 Å². The molecule has 2 aliphatic heterocycles. The lowest BCUT2D eigenvalue weighted by molar-refractivity contribution is 0.0295. The monoisotopic (exact) mass is 276 g/mol. The van der Waals surface area contributed by atoms with Crippen LogP contribution in [0.5, 0.6) is 0 Å². The minimum Gasteiger partial charge on any atom is -0.377 e. The van der Waals surface area contributed by atoms with Crippen molar-refractivity contribution in [2.45, 2.75) is 51.3 Å². The number of piperazine rings is 1. The first-order chi connectivity index (χ1) is 8.50. The van der Waals surface area contributed by atoms with Crippen LogP contribution in [0.4, 0.5) is 0 Å². The third-order valence-electron chi connectivity index (χ3n) is 4.00. The Balaban J connectivity index is 2.00. The van der Waals surface area contributed by atoms with Crippen LogP contribution >= 0.6 is 0 Å². The summed E-state index contributed by atoms with van der Waals surface area (Å²) in [7, 11) is -3.20. The molecule has 3 unspecified atom stereocenters. The molecule has 0 amide bonds. The van der Waals surface area contributed by atoms with Crippen molar-refractivity contribution in [3.8, 4) is 0 Å². The maximum atomic E-state index is 12.4. The summed E-state index contributed by atoms with van der Waals surface area (Å²) in [4.78, 5) is 0. The molecule has 0 aromatic rings. The molecule has 0 aromatic carbocycles. The van der Waals surface area contributed by atoms with Crippen molar-refractivity contribution in [1.29, 1.82) is 0 Å². The van der Waals surface area contributed by atoms with E-state index in [2.05, 4.69) is 5.32 Å². The molecular weight excluding hydrogens is 252 g/mol. The summed E-state index contributed by atoms with van der Waals surface area (Å²) < 4.78 is 32.0. The topological polar surface area (TPSA) is 58.6 Å². The van der Waals surface area contributed by atoms with Gasteiger partial charge in [0.25, 0.3) is 0 Å². The van der Waals surface area contributed by atoms with Crippen molar-refractivity contribution in [2.24, 2.45) is 0 Å². The van der Waals surface area contributed by atoms with Crippen molar-refractivity contribution in [2.75, 3.05) is 25.4 Å². The zero-order chi connectivity index (χ0) is 13.2. The van der Waals surface area contributed by atoms with Gasteiger partial charge in [-0.05, 0) is 33.1 Å². The molecular formula is C12H24N2O3S. The van der Waals surface area contributed by atoms with Gasteiger partial charge < -0.3 is 10.1 Å². The van der Waals surface area contributed by atoms with Gasteiger partial charge in [-0.3, -0.25) is 0 Å². The van der Waals surface area contributed by atoms with Crippen molar-refractivity contribution >= 4 is 10.0 Å². The average Bonchev–Trinajstić information content (AvgIpc) is 2.33. The predicted molar refractivity (Wildman–Crippen MR) is 71.0 cm³/mol. The smallest absolute Gasteiger partial charge is 0.217 e. The summed E-state index contributed by atoms with van der Waals surface area (Å²) in [6, 6.07) is 0.230. The molecule has 5 nitrogen and oxygen atoms in total. The average molecular weight is 276 g/mol. The second-order valence-electron chi connectivity index (χ2n) is 5.36. The van der Waals surface area contributed by atoms with Gasteiger partial charge in [-0.1, -0.05) is 0 Å². The van der Waals surface area contributed by atoms with E-state index in [1.165, 1.54) is 0 Å². The zero-order valence-corrected chi connectivity index (χ0v) is 12.1. The van der Waals surface area contributed by atoms with Crippen molar-refractivity contribution < 1.29 is 13.2 Å². The third-order valence-corrected chi connectivity index (χ3v) is 6.03. The van der Waals surface area contributed by atoms with Crippen LogP contribution in [-0.2, 0) is 14.8 Å². The van der Waals surface area contributed by atoms with Crippen LogP contribution in [0, 0.1) is 0 Å². The summed E-state index contributed by atoms with van der Waals surface area (Å²) >= 11 is 0. The van der Waals surface area contributed by atoms with Crippen LogP contribution in [0.1, 0.15) is 33.1 Å². The molecule has 0 aliphatic carbocycles. The molecule has 1 N–H and O–H groups in total. The Morgan fingerprint density at radius 3 is 2.78 bits per heavy atom. The van der Waals surface area contributed by atoms with Gasteiger partial charge in [0.1, 0.15) is 0 Å². The van der Waals surface area contributed by atoms with Gasteiger partial charge in [0.2, 0.25) is 10.0 Å². The number of nitrogens with zero attached hydrogens (tertiary/aromatic N) is 1. The number of rotatable bonds is 3. The molecule has 2 rings (SSSR count). The second kappa shape index (κ2) is 5.86. The van der Waals surface area contributed by atoms with Crippen LogP contribution in [0.15, 0.2) is 0 Å². The highest BCUT2D eigenvalue weighted by Crippen LogP contribution is 2.19. The maximum absolute atomic E-state index is 12.4. The number of nitrogens with one attached hydrogen (secondary N) is 1. The van der Waals surface area contributed by atoms with Gasteiger partial charge in [-0.15, -0.1) is 0 Å². The Labute approximate surface area is 110 Å². The first-order valence-corrected chi connectivity index (χ1v) is 8.46. The van der Waals surface area contributed by atoms with E-state index in [1.54, 1.807) is 4.31 Å². The fourth-order valence-electron chi connectivity index (χ4n) is 2.69. The molecule has 0 saturated carbocycles. The minimum absolute atomic E-state index is 0.0207. The lowest BCUT2D eigenvalue weighted by Crippen LogP contribution is -2.58. The Morgan fingerprint density at radius 1 is 1.33 bits per heavy atom. The van der Waals surface area contributed by atoms with E-state index in [1.807, 2.05) is 13.8 Å². The van der Waals surface area contributed by atoms with Gasteiger partial charge in [-0.25, -0.2) is 8.42 Å². The molecule has 3 atom stereocenters. The molecule has 0 aromatic heterocycles. The van der Waals surface area contributed by atoms with Crippen LogP contribution in [0.25, 0.3) is 0 Å². The SMILES string of the molecule is CC1NCCN(S(=O)(=O)CC2CCCCO2)C1C. The fourth-order valence-corrected chi connectivity index (χ4v) is 4.67. The Hall–Kier alpha value is -0.170. The highest BCUT2D eigenvalue weighted by atomic mass is 32.2. The lowest BCUT2D eigenvalue weighted by atomic mass is 10.1. The Bertz CT molecular complexity index is 366. The van der Waals surface area contributed by atoms with Crippen LogP contribution in [0.3, 0.4) is 0 Å². The van der Waals surface area contributed by atoms with E-state index >= 15 is 0 Å². The summed E-state index contributed by atoms with van der Waals surface area (Å²) in [6.07, 6.45) is 2.89. The van der Waals surface area contributed by atoms with E-state index in [-0.39, 0.29) is 23.9 Å². The van der Waals surface area contributed by atoms with Crippen molar-refractivity contribution in [1.82, 2.24) is 9.62 Å². The summed E-state index contributed by atoms with van der Waals surface area (Å²) in [5, 5.41) is 3.30. The van der Waals surface area contributed by atoms with Crippen LogP contribution in [-0.4, -0.2) is 56.4 Å². The van der Waals surface area contributed by atoms with Gasteiger partial charge in [0.05, 0.1) is 11.9 Å². The number of hydrogen-bond donors (Lipinski definition) is 1. The molecule has 0 spiro atoms. The molecule has 2 fully saturated rings. The van der Waals surface area contributed by atoms with Crippen molar-refractivity contribution in [3.63, 3.8) is 0 Å². The molecule has 0 radical (unpaired) electrons. The molecule has 2 aliphatic rings. The Kier molecular flexibility index (Phi) is 4.64. The largest absolute Gasteiger partial charge is 0.377 e. The molecule has 18 heavy (non-hydrogen) atoms. The zero-order valence-electron chi connectivity index (χ0n) is 11.3. The molecule has 2 saturated heterocycles. The third kappa shape index (κ3) is 3.23. The van der Waals surface area contributed by atoms with Gasteiger partial charge in [0, 0.05) is 31.8 Å². The standard InChI is InChI=1S/C12H24N2O3S/c1-10-11(2)14(7-6-13-10)18(15,16)9-12-5-3-4-8-17-12/h10-13H,3-9H2,1-2H3. The summed E-state index contributed by atoms with van der Waals surface area (Å²) in [6.45, 7) is 6.00. The van der Waals surface area contributed by atoms with Gasteiger partial charge in [-0.2, -0.15) is 4.31 Å². The molecule has 106 valence electrons. The lowest BCUT2D eigenvalue weighted by Gasteiger charge is -2.38. The van der Waals surface area contributed by atoms with Crippen LogP contribution in [0.2, 0.25) is 0 Å². The van der Waals surface area contributed by atoms with Gasteiger partial charge in [0.15, 0.2) is 0 Å². The van der Waals surface area contributed by atoms with E-state index in [0.29, 0.717) is 13.2 Å². The predicted octanol–water partition coefficient (Wildman–Crippen LogP) is 0.568. The highest BCUT2D eigenvalue weighted by Gasteiger charge is 2.35. The molecule has 0 bridgehead atoms. The first kappa shape index (κ1) is 14.2. The normalized spacial score (nSPS) is 35.6. The van der Waals surface area contributed by atoms with E-state index in [0.717, 1.165) is 25.8 Å². The number of hydrogen-bond acceptors (Lipinski definition) is 4. The number of sulfonamides is 1. The highest BCUT2D eigenvalue weighted by molar-refractivity contribution is 7.89. The van der Waals surface area contributed by atoms with Crippen molar-refractivity contribution in [3.05, 3.63) is 0 Å². The Morgan fingerprint density at radius 2 is 2.11 bits per heavy atom. The summed E-state index contributed by atoms with van der Waals surface area (Å²) in [5.74, 6) is 0.143. The van der Waals surface area contributed by atoms with Gasteiger partial charge >= 0.3 is 0 Å². The quantitative estimate of drug-likeness (QED) is 0.818. The molecule has 6 heteroatoms. The minimum atomic E-state index is -3.20. The second-order valence-corrected chi connectivity index (χ2v) is 7.33. The van der Waals surface area contributed by atoms with Crippen LogP contribution < -0.4 is 5.32 Å². The molecule has 2 heterocycles. The maximum Gasteiger partial charge on any atom is 0.217 e. The fraction of sp³-hybridized carbons (Fsp3) is 1.00. The summed E-state index contributed by atoms with van der Waals surface area (Å²) in [5.41, 5.74) is 0. The van der Waals surface area contributed by atoms with E-state index in [4.69, 9.17) is 4.74 Å². The van der Waals surface area contributed by atoms with E-state index in [9.17, 15) is 8.42 Å².